The van der Waals surface area contributed by atoms with Crippen molar-refractivity contribution in [3.63, 3.8) is 0 Å². The van der Waals surface area contributed by atoms with Crippen molar-refractivity contribution in [2.75, 3.05) is 0 Å². The molecule has 1 saturated carbocycles. The van der Waals surface area contributed by atoms with E-state index in [0.29, 0.717) is 0 Å². The van der Waals surface area contributed by atoms with Crippen LogP contribution >= 0.6 is 0 Å². The molecule has 86 valence electrons. The Morgan fingerprint density at radius 2 is 1.69 bits per heavy atom. The molecule has 2 nitrogen and oxygen atoms in total. The van der Waals surface area contributed by atoms with Gasteiger partial charge >= 0.3 is 5.97 Å². The summed E-state index contributed by atoms with van der Waals surface area (Å²) in [4.78, 5) is 11.6. The summed E-state index contributed by atoms with van der Waals surface area (Å²) in [6.45, 7) is 2.03. The Morgan fingerprint density at radius 1 is 1.12 bits per heavy atom. The van der Waals surface area contributed by atoms with Crippen molar-refractivity contribution < 1.29 is 9.90 Å². The molecular formula is C14H18O2. The zero-order chi connectivity index (χ0) is 11.6. The van der Waals surface area contributed by atoms with Gasteiger partial charge in [0.05, 0.1) is 5.41 Å². The van der Waals surface area contributed by atoms with Gasteiger partial charge in [0.25, 0.3) is 0 Å². The summed E-state index contributed by atoms with van der Waals surface area (Å²) in [7, 11) is 0. The van der Waals surface area contributed by atoms with Crippen LogP contribution in [0.5, 0.6) is 0 Å². The van der Waals surface area contributed by atoms with Crippen molar-refractivity contribution in [3.05, 3.63) is 35.4 Å². The first kappa shape index (κ1) is 11.2. The van der Waals surface area contributed by atoms with Gasteiger partial charge in [0, 0.05) is 0 Å². The SMILES string of the molecule is Cc1ccc(C2(C(=O)O)CCCCC2)cc1. The van der Waals surface area contributed by atoms with Crippen LogP contribution in [0.25, 0.3) is 0 Å². The number of carboxylic acid groups (broad SMARTS) is 1. The van der Waals surface area contributed by atoms with Crippen LogP contribution in [-0.4, -0.2) is 11.1 Å². The Balaban J connectivity index is 2.38. The largest absolute Gasteiger partial charge is 0.481 e. The lowest BCUT2D eigenvalue weighted by molar-refractivity contribution is -0.145. The third-order valence-electron chi connectivity index (χ3n) is 3.72. The highest BCUT2D eigenvalue weighted by molar-refractivity contribution is 5.81. The Hall–Kier alpha value is -1.31. The molecule has 0 aromatic heterocycles. The molecule has 16 heavy (non-hydrogen) atoms. The van der Waals surface area contributed by atoms with Crippen LogP contribution in [-0.2, 0) is 10.2 Å². The third-order valence-corrected chi connectivity index (χ3v) is 3.72. The molecule has 0 amide bonds. The van der Waals surface area contributed by atoms with E-state index in [9.17, 15) is 9.90 Å². The predicted octanol–water partition coefficient (Wildman–Crippen LogP) is 3.28. The predicted molar refractivity (Wildman–Crippen MR) is 63.6 cm³/mol. The average Bonchev–Trinajstić information content (AvgIpc) is 2.30. The number of aryl methyl sites for hydroxylation is 1. The van der Waals surface area contributed by atoms with Gasteiger partial charge in [0.15, 0.2) is 0 Å². The molecule has 1 aromatic carbocycles. The van der Waals surface area contributed by atoms with Gasteiger partial charge in [-0.25, -0.2) is 0 Å². The van der Waals surface area contributed by atoms with Gasteiger partial charge in [0.1, 0.15) is 0 Å². The fraction of sp³-hybridized carbons (Fsp3) is 0.500. The molecule has 0 bridgehead atoms. The molecule has 0 heterocycles. The summed E-state index contributed by atoms with van der Waals surface area (Å²) in [6, 6.07) is 7.98. The molecular weight excluding hydrogens is 200 g/mol. The molecule has 1 N–H and O–H groups in total. The van der Waals surface area contributed by atoms with Crippen LogP contribution in [0.1, 0.15) is 43.2 Å². The first-order valence-corrected chi connectivity index (χ1v) is 5.96. The molecule has 2 rings (SSSR count). The molecule has 1 aliphatic carbocycles. The maximum absolute atomic E-state index is 11.6. The molecule has 0 atom stereocenters. The van der Waals surface area contributed by atoms with Crippen molar-refractivity contribution in [3.8, 4) is 0 Å². The molecule has 2 heteroatoms. The van der Waals surface area contributed by atoms with Gasteiger partial charge < -0.3 is 5.11 Å². The maximum Gasteiger partial charge on any atom is 0.314 e. The molecule has 1 aromatic rings. The smallest absolute Gasteiger partial charge is 0.314 e. The standard InChI is InChI=1S/C14H18O2/c1-11-5-7-12(8-6-11)14(13(15)16)9-3-2-4-10-14/h5-8H,2-4,9-10H2,1H3,(H,15,16). The van der Waals surface area contributed by atoms with Crippen LogP contribution in [0.15, 0.2) is 24.3 Å². The monoisotopic (exact) mass is 218 g/mol. The topological polar surface area (TPSA) is 37.3 Å². The summed E-state index contributed by atoms with van der Waals surface area (Å²) in [6.07, 6.45) is 4.79. The summed E-state index contributed by atoms with van der Waals surface area (Å²) in [5, 5.41) is 9.51. The van der Waals surface area contributed by atoms with E-state index in [-0.39, 0.29) is 0 Å². The van der Waals surface area contributed by atoms with Gasteiger partial charge in [-0.3, -0.25) is 4.79 Å². The number of hydrogen-bond donors (Lipinski definition) is 1. The van der Waals surface area contributed by atoms with E-state index in [0.717, 1.165) is 31.2 Å². The number of benzene rings is 1. The lowest BCUT2D eigenvalue weighted by Gasteiger charge is -2.33. The van der Waals surface area contributed by atoms with Crippen LogP contribution in [0.2, 0.25) is 0 Å². The normalized spacial score (nSPS) is 19.3. The Bertz CT molecular complexity index is 372. The number of carboxylic acids is 1. The number of aliphatic carboxylic acids is 1. The van der Waals surface area contributed by atoms with Crippen molar-refractivity contribution in [1.29, 1.82) is 0 Å². The zero-order valence-corrected chi connectivity index (χ0v) is 9.70. The minimum absolute atomic E-state index is 0.619. The third kappa shape index (κ3) is 1.84. The van der Waals surface area contributed by atoms with Gasteiger partial charge in [-0.2, -0.15) is 0 Å². The molecule has 1 fully saturated rings. The van der Waals surface area contributed by atoms with E-state index in [2.05, 4.69) is 0 Å². The lowest BCUT2D eigenvalue weighted by Crippen LogP contribution is -2.37. The Labute approximate surface area is 96.3 Å². The Morgan fingerprint density at radius 3 is 2.19 bits per heavy atom. The van der Waals surface area contributed by atoms with E-state index in [1.54, 1.807) is 0 Å². The number of rotatable bonds is 2. The van der Waals surface area contributed by atoms with Gasteiger partial charge in [-0.1, -0.05) is 49.1 Å². The first-order chi connectivity index (χ1) is 7.65. The van der Waals surface area contributed by atoms with Crippen molar-refractivity contribution in [2.24, 2.45) is 0 Å². The number of carbonyl (C=O) groups is 1. The fourth-order valence-corrected chi connectivity index (χ4v) is 2.65. The van der Waals surface area contributed by atoms with Gasteiger partial charge in [-0.15, -0.1) is 0 Å². The molecule has 0 unspecified atom stereocenters. The lowest BCUT2D eigenvalue weighted by atomic mass is 9.69. The second-order valence-electron chi connectivity index (χ2n) is 4.81. The zero-order valence-electron chi connectivity index (χ0n) is 9.70. The highest BCUT2D eigenvalue weighted by Crippen LogP contribution is 2.39. The van der Waals surface area contributed by atoms with Crippen molar-refractivity contribution >= 4 is 5.97 Å². The molecule has 0 aliphatic heterocycles. The molecule has 1 aliphatic rings. The minimum atomic E-state index is -0.656. The molecule has 0 saturated heterocycles. The summed E-state index contributed by atoms with van der Waals surface area (Å²) in [5.41, 5.74) is 1.54. The molecule has 0 spiro atoms. The highest BCUT2D eigenvalue weighted by Gasteiger charge is 2.40. The van der Waals surface area contributed by atoms with E-state index in [4.69, 9.17) is 0 Å². The molecule has 0 radical (unpaired) electrons. The van der Waals surface area contributed by atoms with Crippen LogP contribution < -0.4 is 0 Å². The first-order valence-electron chi connectivity index (χ1n) is 5.96. The Kier molecular flexibility index (Phi) is 2.99. The summed E-state index contributed by atoms with van der Waals surface area (Å²) >= 11 is 0. The van der Waals surface area contributed by atoms with Crippen LogP contribution in [0, 0.1) is 6.92 Å². The highest BCUT2D eigenvalue weighted by atomic mass is 16.4. The van der Waals surface area contributed by atoms with Gasteiger partial charge in [-0.05, 0) is 25.3 Å². The van der Waals surface area contributed by atoms with Crippen molar-refractivity contribution in [2.45, 2.75) is 44.4 Å². The number of hydrogen-bond acceptors (Lipinski definition) is 1. The van der Waals surface area contributed by atoms with Crippen LogP contribution in [0.3, 0.4) is 0 Å². The van der Waals surface area contributed by atoms with Crippen molar-refractivity contribution in [1.82, 2.24) is 0 Å². The second-order valence-corrected chi connectivity index (χ2v) is 4.81. The van der Waals surface area contributed by atoms with E-state index < -0.39 is 11.4 Å². The second kappa shape index (κ2) is 4.28. The quantitative estimate of drug-likeness (QED) is 0.827. The van der Waals surface area contributed by atoms with Gasteiger partial charge in [0.2, 0.25) is 0 Å². The maximum atomic E-state index is 11.6. The summed E-state index contributed by atoms with van der Waals surface area (Å²) in [5.74, 6) is -0.656. The average molecular weight is 218 g/mol. The van der Waals surface area contributed by atoms with E-state index >= 15 is 0 Å². The van der Waals surface area contributed by atoms with Crippen LogP contribution in [0.4, 0.5) is 0 Å². The van der Waals surface area contributed by atoms with E-state index in [1.165, 1.54) is 12.0 Å². The summed E-state index contributed by atoms with van der Waals surface area (Å²) < 4.78 is 0. The fourth-order valence-electron chi connectivity index (χ4n) is 2.65. The van der Waals surface area contributed by atoms with E-state index in [1.807, 2.05) is 31.2 Å². The minimum Gasteiger partial charge on any atom is -0.481 e.